The topological polar surface area (TPSA) is 72.0 Å². The zero-order valence-electron chi connectivity index (χ0n) is 6.45. The molecule has 0 unspecified atom stereocenters. The number of nitrogens with zero attached hydrogens (tertiary/aromatic N) is 2. The van der Waals surface area contributed by atoms with E-state index in [0.717, 1.165) is 29.2 Å². The molecule has 1 aromatic heterocycles. The number of aromatic nitrogens is 2. The second-order valence-corrected chi connectivity index (χ2v) is 3.74. The molecular formula is C7H9N3OS. The number of rotatable bonds is 0. The minimum Gasteiger partial charge on any atom is -0.492 e. The lowest BCUT2D eigenvalue weighted by molar-refractivity contribution is 0.435. The smallest absolute Gasteiger partial charge is 0.230 e. The van der Waals surface area contributed by atoms with Gasteiger partial charge < -0.3 is 10.8 Å². The molecule has 64 valence electrons. The van der Waals surface area contributed by atoms with Gasteiger partial charge in [-0.15, -0.1) is 11.8 Å². The molecule has 0 fully saturated rings. The fourth-order valence-electron chi connectivity index (χ4n) is 1.23. The van der Waals surface area contributed by atoms with Crippen LogP contribution in [-0.2, 0) is 6.42 Å². The SMILES string of the molecule is Nc1nc(O)c2c(n1)CCCS2. The van der Waals surface area contributed by atoms with Crippen molar-refractivity contribution in [3.8, 4) is 5.88 Å². The molecule has 0 aromatic carbocycles. The standard InChI is InChI=1S/C7H9N3OS/c8-7-9-4-2-1-3-12-5(4)6(11)10-7/h1-3H2,(H3,8,9,10,11). The van der Waals surface area contributed by atoms with Crippen LogP contribution in [0.3, 0.4) is 0 Å². The molecule has 2 rings (SSSR count). The largest absolute Gasteiger partial charge is 0.492 e. The fourth-order valence-corrected chi connectivity index (χ4v) is 2.22. The second-order valence-electron chi connectivity index (χ2n) is 2.63. The third kappa shape index (κ3) is 1.20. The van der Waals surface area contributed by atoms with Gasteiger partial charge in [0.15, 0.2) is 0 Å². The summed E-state index contributed by atoms with van der Waals surface area (Å²) in [5.41, 5.74) is 6.28. The third-order valence-electron chi connectivity index (χ3n) is 1.74. The van der Waals surface area contributed by atoms with E-state index in [0.29, 0.717) is 0 Å². The highest BCUT2D eigenvalue weighted by Crippen LogP contribution is 2.34. The first-order valence-electron chi connectivity index (χ1n) is 3.75. The monoisotopic (exact) mass is 183 g/mol. The molecule has 1 aliphatic heterocycles. The van der Waals surface area contributed by atoms with E-state index in [1.165, 1.54) is 0 Å². The van der Waals surface area contributed by atoms with Crippen molar-refractivity contribution in [2.24, 2.45) is 0 Å². The van der Waals surface area contributed by atoms with Crippen molar-refractivity contribution in [3.63, 3.8) is 0 Å². The quantitative estimate of drug-likeness (QED) is 0.622. The Balaban J connectivity index is 2.53. The van der Waals surface area contributed by atoms with E-state index in [4.69, 9.17) is 5.73 Å². The molecule has 5 heteroatoms. The van der Waals surface area contributed by atoms with E-state index in [1.807, 2.05) is 0 Å². The molecule has 0 bridgehead atoms. The number of thioether (sulfide) groups is 1. The van der Waals surface area contributed by atoms with Crippen LogP contribution in [0.4, 0.5) is 5.95 Å². The molecule has 4 nitrogen and oxygen atoms in total. The fraction of sp³-hybridized carbons (Fsp3) is 0.429. The van der Waals surface area contributed by atoms with Crippen LogP contribution in [0.2, 0.25) is 0 Å². The van der Waals surface area contributed by atoms with Crippen LogP contribution in [-0.4, -0.2) is 20.8 Å². The molecule has 2 heterocycles. The minimum absolute atomic E-state index is 0.0298. The average molecular weight is 183 g/mol. The second kappa shape index (κ2) is 2.82. The Hall–Kier alpha value is -0.970. The Morgan fingerprint density at radius 3 is 3.08 bits per heavy atom. The van der Waals surface area contributed by atoms with E-state index in [2.05, 4.69) is 9.97 Å². The predicted octanol–water partition coefficient (Wildman–Crippen LogP) is 0.803. The first-order valence-corrected chi connectivity index (χ1v) is 4.74. The van der Waals surface area contributed by atoms with Gasteiger partial charge in [-0.2, -0.15) is 4.98 Å². The van der Waals surface area contributed by atoms with Gasteiger partial charge in [-0.1, -0.05) is 0 Å². The summed E-state index contributed by atoms with van der Waals surface area (Å²) in [5.74, 6) is 1.21. The summed E-state index contributed by atoms with van der Waals surface area (Å²) in [4.78, 5) is 8.55. The predicted molar refractivity (Wildman–Crippen MR) is 47.2 cm³/mol. The third-order valence-corrected chi connectivity index (χ3v) is 2.94. The number of nitrogen functional groups attached to an aromatic ring is 1. The number of aromatic hydroxyl groups is 1. The maximum absolute atomic E-state index is 9.39. The van der Waals surface area contributed by atoms with Gasteiger partial charge in [0.2, 0.25) is 11.8 Å². The first kappa shape index (κ1) is 7.67. The van der Waals surface area contributed by atoms with Gasteiger partial charge in [0, 0.05) is 0 Å². The van der Waals surface area contributed by atoms with E-state index in [-0.39, 0.29) is 11.8 Å². The molecule has 12 heavy (non-hydrogen) atoms. The van der Waals surface area contributed by atoms with Crippen molar-refractivity contribution in [2.75, 3.05) is 11.5 Å². The highest BCUT2D eigenvalue weighted by Gasteiger charge is 2.16. The highest BCUT2D eigenvalue weighted by molar-refractivity contribution is 7.99. The van der Waals surface area contributed by atoms with Gasteiger partial charge in [0.25, 0.3) is 0 Å². The molecule has 1 aliphatic rings. The summed E-state index contributed by atoms with van der Waals surface area (Å²) < 4.78 is 0. The van der Waals surface area contributed by atoms with Crippen LogP contribution in [0.1, 0.15) is 12.1 Å². The van der Waals surface area contributed by atoms with Crippen LogP contribution in [0.25, 0.3) is 0 Å². The Bertz CT molecular complexity index is 316. The molecule has 3 N–H and O–H groups in total. The van der Waals surface area contributed by atoms with Crippen molar-refractivity contribution in [1.29, 1.82) is 0 Å². The van der Waals surface area contributed by atoms with E-state index in [9.17, 15) is 5.11 Å². The molecular weight excluding hydrogens is 174 g/mol. The van der Waals surface area contributed by atoms with Gasteiger partial charge >= 0.3 is 0 Å². The summed E-state index contributed by atoms with van der Waals surface area (Å²) in [5, 5.41) is 9.39. The van der Waals surface area contributed by atoms with E-state index >= 15 is 0 Å². The number of fused-ring (bicyclic) bond motifs is 1. The molecule has 0 atom stereocenters. The summed E-state index contributed by atoms with van der Waals surface area (Å²) in [6.45, 7) is 0. The van der Waals surface area contributed by atoms with Crippen LogP contribution in [0.15, 0.2) is 4.90 Å². The van der Waals surface area contributed by atoms with Gasteiger partial charge in [0.05, 0.1) is 10.6 Å². The number of hydrogen-bond acceptors (Lipinski definition) is 5. The summed E-state index contributed by atoms with van der Waals surface area (Å²) in [7, 11) is 0. The van der Waals surface area contributed by atoms with Crippen molar-refractivity contribution in [2.45, 2.75) is 17.7 Å². The molecule has 0 spiro atoms. The van der Waals surface area contributed by atoms with Crippen LogP contribution >= 0.6 is 11.8 Å². The van der Waals surface area contributed by atoms with E-state index < -0.39 is 0 Å². The minimum atomic E-state index is 0.0298. The lowest BCUT2D eigenvalue weighted by Gasteiger charge is -2.14. The normalized spacial score (nSPS) is 15.7. The van der Waals surface area contributed by atoms with Crippen molar-refractivity contribution in [3.05, 3.63) is 5.69 Å². The van der Waals surface area contributed by atoms with Crippen molar-refractivity contribution >= 4 is 17.7 Å². The zero-order valence-corrected chi connectivity index (χ0v) is 7.27. The van der Waals surface area contributed by atoms with Gasteiger partial charge in [0.1, 0.15) is 0 Å². The molecule has 1 aromatic rings. The Morgan fingerprint density at radius 2 is 2.25 bits per heavy atom. The summed E-state index contributed by atoms with van der Waals surface area (Å²) in [6.07, 6.45) is 1.98. The molecule has 0 radical (unpaired) electrons. The van der Waals surface area contributed by atoms with Gasteiger partial charge in [-0.05, 0) is 18.6 Å². The Labute approximate surface area is 74.2 Å². The molecule has 0 saturated heterocycles. The first-order chi connectivity index (χ1) is 5.77. The maximum Gasteiger partial charge on any atom is 0.230 e. The lowest BCUT2D eigenvalue weighted by atomic mass is 10.2. The Kier molecular flexibility index (Phi) is 1.80. The van der Waals surface area contributed by atoms with Crippen molar-refractivity contribution < 1.29 is 5.11 Å². The van der Waals surface area contributed by atoms with Gasteiger partial charge in [-0.25, -0.2) is 4.98 Å². The van der Waals surface area contributed by atoms with Crippen molar-refractivity contribution in [1.82, 2.24) is 9.97 Å². The van der Waals surface area contributed by atoms with Gasteiger partial charge in [-0.3, -0.25) is 0 Å². The van der Waals surface area contributed by atoms with Crippen LogP contribution in [0, 0.1) is 0 Å². The summed E-state index contributed by atoms with van der Waals surface area (Å²) >= 11 is 1.59. The highest BCUT2D eigenvalue weighted by atomic mass is 32.2. The average Bonchev–Trinajstić information content (AvgIpc) is 2.04. The van der Waals surface area contributed by atoms with Crippen LogP contribution in [0.5, 0.6) is 5.88 Å². The maximum atomic E-state index is 9.39. The Morgan fingerprint density at radius 1 is 1.42 bits per heavy atom. The summed E-state index contributed by atoms with van der Waals surface area (Å²) in [6, 6.07) is 0. The van der Waals surface area contributed by atoms with Crippen LogP contribution < -0.4 is 5.73 Å². The number of anilines is 1. The number of aryl methyl sites for hydroxylation is 1. The zero-order chi connectivity index (χ0) is 8.55. The molecule has 0 aliphatic carbocycles. The molecule has 0 saturated carbocycles. The van der Waals surface area contributed by atoms with E-state index in [1.54, 1.807) is 11.8 Å². The number of nitrogens with two attached hydrogens (primary N) is 1. The number of hydrogen-bond donors (Lipinski definition) is 2. The molecule has 0 amide bonds. The lowest BCUT2D eigenvalue weighted by Crippen LogP contribution is -2.06.